The quantitative estimate of drug-likeness (QED) is 0.835. The van der Waals surface area contributed by atoms with Crippen molar-refractivity contribution in [1.29, 1.82) is 0 Å². The van der Waals surface area contributed by atoms with E-state index in [0.29, 0.717) is 25.9 Å². The highest BCUT2D eigenvalue weighted by Gasteiger charge is 2.29. The molecule has 1 saturated heterocycles. The lowest BCUT2D eigenvalue weighted by atomic mass is 10.1. The summed E-state index contributed by atoms with van der Waals surface area (Å²) in [5.74, 6) is 0. The van der Waals surface area contributed by atoms with Crippen molar-refractivity contribution in [1.82, 2.24) is 4.31 Å². The van der Waals surface area contributed by atoms with Gasteiger partial charge in [0, 0.05) is 13.1 Å². The van der Waals surface area contributed by atoms with Gasteiger partial charge >= 0.3 is 0 Å². The minimum absolute atomic E-state index is 0.187. The minimum atomic E-state index is -3.48. The molecule has 0 aliphatic carbocycles. The molecule has 0 saturated carbocycles. The average Bonchev–Trinajstić information content (AvgIpc) is 2.40. The zero-order chi connectivity index (χ0) is 13.9. The van der Waals surface area contributed by atoms with Crippen LogP contribution in [-0.4, -0.2) is 43.6 Å². The third-order valence-electron chi connectivity index (χ3n) is 3.35. The summed E-state index contributed by atoms with van der Waals surface area (Å²) in [6.45, 7) is 1.21. The Morgan fingerprint density at radius 3 is 2.58 bits per heavy atom. The molecular weight excluding hydrogens is 264 g/mol. The van der Waals surface area contributed by atoms with Crippen LogP contribution in [0.4, 0.5) is 0 Å². The van der Waals surface area contributed by atoms with Gasteiger partial charge in [-0.05, 0) is 43.5 Å². The smallest absolute Gasteiger partial charge is 0.243 e. The van der Waals surface area contributed by atoms with Crippen LogP contribution in [0.25, 0.3) is 0 Å². The molecule has 1 aliphatic rings. The lowest BCUT2D eigenvalue weighted by Crippen LogP contribution is -2.42. The first-order chi connectivity index (χ1) is 9.04. The van der Waals surface area contributed by atoms with E-state index in [2.05, 4.69) is 0 Å². The molecule has 19 heavy (non-hydrogen) atoms. The van der Waals surface area contributed by atoms with Crippen molar-refractivity contribution in [2.24, 2.45) is 5.73 Å². The van der Waals surface area contributed by atoms with E-state index in [4.69, 9.17) is 5.73 Å². The summed E-state index contributed by atoms with van der Waals surface area (Å²) >= 11 is 0. The van der Waals surface area contributed by atoms with E-state index in [1.54, 1.807) is 24.3 Å². The van der Waals surface area contributed by atoms with Crippen LogP contribution in [0.15, 0.2) is 29.2 Å². The fraction of sp³-hybridized carbons (Fsp3) is 0.538. The Morgan fingerprint density at radius 1 is 1.32 bits per heavy atom. The number of sulfonamides is 1. The monoisotopic (exact) mass is 284 g/mol. The van der Waals surface area contributed by atoms with Crippen molar-refractivity contribution in [3.63, 3.8) is 0 Å². The van der Waals surface area contributed by atoms with Crippen LogP contribution in [0.2, 0.25) is 0 Å². The van der Waals surface area contributed by atoms with E-state index in [1.165, 1.54) is 4.31 Å². The second kappa shape index (κ2) is 6.00. The molecule has 1 atom stereocenters. The normalized spacial score (nSPS) is 21.5. The van der Waals surface area contributed by atoms with Gasteiger partial charge in [-0.25, -0.2) is 8.42 Å². The molecule has 0 aromatic heterocycles. The SMILES string of the molecule is NCCc1ccc(S(=O)(=O)N2CCCC(O)C2)cc1. The van der Waals surface area contributed by atoms with E-state index in [-0.39, 0.29) is 11.4 Å². The van der Waals surface area contributed by atoms with Crippen LogP contribution in [0.5, 0.6) is 0 Å². The molecule has 1 aliphatic heterocycles. The largest absolute Gasteiger partial charge is 0.392 e. The highest BCUT2D eigenvalue weighted by molar-refractivity contribution is 7.89. The molecule has 1 aromatic carbocycles. The van der Waals surface area contributed by atoms with E-state index in [1.807, 2.05) is 0 Å². The maximum atomic E-state index is 12.4. The van der Waals surface area contributed by atoms with Gasteiger partial charge in [0.2, 0.25) is 10.0 Å². The summed E-state index contributed by atoms with van der Waals surface area (Å²) in [5.41, 5.74) is 6.49. The van der Waals surface area contributed by atoms with Crippen molar-refractivity contribution in [2.75, 3.05) is 19.6 Å². The molecule has 0 bridgehead atoms. The Morgan fingerprint density at radius 2 is 2.00 bits per heavy atom. The molecule has 2 rings (SSSR count). The predicted octanol–water partition coefficient (Wildman–Crippen LogP) is 0.333. The Hall–Kier alpha value is -0.950. The fourth-order valence-electron chi connectivity index (χ4n) is 2.28. The van der Waals surface area contributed by atoms with Gasteiger partial charge in [-0.2, -0.15) is 4.31 Å². The lowest BCUT2D eigenvalue weighted by molar-refractivity contribution is 0.108. The number of nitrogens with two attached hydrogens (primary N) is 1. The molecule has 3 N–H and O–H groups in total. The number of nitrogens with zero attached hydrogens (tertiary/aromatic N) is 1. The molecule has 5 nitrogen and oxygen atoms in total. The Kier molecular flexibility index (Phi) is 4.57. The number of benzene rings is 1. The molecule has 106 valence electrons. The first-order valence-corrected chi connectivity index (χ1v) is 7.95. The summed E-state index contributed by atoms with van der Waals surface area (Å²) in [6, 6.07) is 6.81. The Balaban J connectivity index is 2.18. The van der Waals surface area contributed by atoms with Gasteiger partial charge in [-0.3, -0.25) is 0 Å². The van der Waals surface area contributed by atoms with Crippen LogP contribution in [0, 0.1) is 0 Å². The number of aliphatic hydroxyl groups is 1. The third-order valence-corrected chi connectivity index (χ3v) is 5.23. The summed E-state index contributed by atoms with van der Waals surface area (Å²) in [4.78, 5) is 0.280. The van der Waals surface area contributed by atoms with Crippen molar-refractivity contribution in [2.45, 2.75) is 30.3 Å². The molecule has 1 heterocycles. The molecule has 1 unspecified atom stereocenters. The first-order valence-electron chi connectivity index (χ1n) is 6.51. The third kappa shape index (κ3) is 3.33. The summed E-state index contributed by atoms with van der Waals surface area (Å²) < 4.78 is 26.1. The van der Waals surface area contributed by atoms with E-state index in [0.717, 1.165) is 12.0 Å². The topological polar surface area (TPSA) is 83.6 Å². The zero-order valence-corrected chi connectivity index (χ0v) is 11.6. The maximum absolute atomic E-state index is 12.4. The minimum Gasteiger partial charge on any atom is -0.392 e. The number of hydrogen-bond acceptors (Lipinski definition) is 4. The van der Waals surface area contributed by atoms with Crippen molar-refractivity contribution >= 4 is 10.0 Å². The van der Waals surface area contributed by atoms with Crippen LogP contribution < -0.4 is 5.73 Å². The molecular formula is C13H20N2O3S. The summed E-state index contributed by atoms with van der Waals surface area (Å²) in [5, 5.41) is 9.58. The van der Waals surface area contributed by atoms with Crippen molar-refractivity contribution in [3.05, 3.63) is 29.8 Å². The Labute approximate surface area is 114 Å². The van der Waals surface area contributed by atoms with Gasteiger partial charge in [0.05, 0.1) is 11.0 Å². The highest BCUT2D eigenvalue weighted by atomic mass is 32.2. The van der Waals surface area contributed by atoms with Crippen LogP contribution in [0.3, 0.4) is 0 Å². The average molecular weight is 284 g/mol. The first kappa shape index (κ1) is 14.5. The van der Waals surface area contributed by atoms with Crippen molar-refractivity contribution in [3.8, 4) is 0 Å². The van der Waals surface area contributed by atoms with Crippen LogP contribution >= 0.6 is 0 Å². The van der Waals surface area contributed by atoms with Gasteiger partial charge in [0.15, 0.2) is 0 Å². The molecule has 6 heteroatoms. The second-order valence-corrected chi connectivity index (χ2v) is 6.78. The number of rotatable bonds is 4. The number of hydrogen-bond donors (Lipinski definition) is 2. The van der Waals surface area contributed by atoms with Gasteiger partial charge in [0.25, 0.3) is 0 Å². The van der Waals surface area contributed by atoms with Crippen LogP contribution in [-0.2, 0) is 16.4 Å². The van der Waals surface area contributed by atoms with Crippen molar-refractivity contribution < 1.29 is 13.5 Å². The maximum Gasteiger partial charge on any atom is 0.243 e. The highest BCUT2D eigenvalue weighted by Crippen LogP contribution is 2.21. The summed E-state index contributed by atoms with van der Waals surface area (Å²) in [7, 11) is -3.48. The van der Waals surface area contributed by atoms with Gasteiger partial charge in [-0.15, -0.1) is 0 Å². The standard InChI is InChI=1S/C13H20N2O3S/c14-8-7-11-3-5-13(6-4-11)19(17,18)15-9-1-2-12(16)10-15/h3-6,12,16H,1-2,7-10,14H2. The molecule has 0 radical (unpaired) electrons. The second-order valence-electron chi connectivity index (χ2n) is 4.84. The van der Waals surface area contributed by atoms with E-state index >= 15 is 0 Å². The fourth-order valence-corrected chi connectivity index (χ4v) is 3.80. The molecule has 0 spiro atoms. The lowest BCUT2D eigenvalue weighted by Gasteiger charge is -2.29. The number of aliphatic hydroxyl groups excluding tert-OH is 1. The van der Waals surface area contributed by atoms with Crippen LogP contribution in [0.1, 0.15) is 18.4 Å². The van der Waals surface area contributed by atoms with E-state index in [9.17, 15) is 13.5 Å². The molecule has 0 amide bonds. The predicted molar refractivity (Wildman–Crippen MR) is 73.2 cm³/mol. The number of β-amino-alcohol motifs (C(OH)–C–C–N with tert-alkyl or cyclic N) is 1. The zero-order valence-electron chi connectivity index (χ0n) is 10.8. The Bertz CT molecular complexity index is 513. The van der Waals surface area contributed by atoms with Gasteiger partial charge < -0.3 is 10.8 Å². The van der Waals surface area contributed by atoms with Gasteiger partial charge in [0.1, 0.15) is 0 Å². The summed E-state index contributed by atoms with van der Waals surface area (Å²) in [6.07, 6.45) is 1.55. The molecule has 1 aromatic rings. The molecule has 1 fully saturated rings. The van der Waals surface area contributed by atoms with Gasteiger partial charge in [-0.1, -0.05) is 12.1 Å². The van der Waals surface area contributed by atoms with E-state index < -0.39 is 16.1 Å². The number of piperidine rings is 1.